The van der Waals surface area contributed by atoms with Crippen LogP contribution in [0.25, 0.3) is 0 Å². The van der Waals surface area contributed by atoms with Crippen LogP contribution in [0.4, 0.5) is 0 Å². The van der Waals surface area contributed by atoms with Crippen molar-refractivity contribution in [3.63, 3.8) is 0 Å². The normalized spacial score (nSPS) is 16.8. The van der Waals surface area contributed by atoms with E-state index >= 15 is 0 Å². The minimum Gasteiger partial charge on any atom is -0.396 e. The molecule has 0 spiro atoms. The minimum atomic E-state index is -0.778. The molecule has 2 atom stereocenters. The molecule has 0 saturated heterocycles. The van der Waals surface area contributed by atoms with Gasteiger partial charge in [-0.2, -0.15) is 0 Å². The fourth-order valence-corrected chi connectivity index (χ4v) is 0.671. The Morgan fingerprint density at radius 3 is 2.30 bits per heavy atom. The van der Waals surface area contributed by atoms with E-state index in [0.29, 0.717) is 0 Å². The van der Waals surface area contributed by atoms with Crippen LogP contribution in [0.3, 0.4) is 0 Å². The molecule has 0 aromatic rings. The first-order chi connectivity index (χ1) is 4.76. The summed E-state index contributed by atoms with van der Waals surface area (Å²) in [6.45, 7) is -0.321. The molecule has 0 heterocycles. The van der Waals surface area contributed by atoms with Gasteiger partial charge in [0, 0.05) is 13.7 Å². The van der Waals surface area contributed by atoms with Gasteiger partial charge in [0.2, 0.25) is 0 Å². The van der Waals surface area contributed by atoms with Crippen molar-refractivity contribution in [3.8, 4) is 0 Å². The van der Waals surface area contributed by atoms with E-state index < -0.39 is 12.2 Å². The lowest BCUT2D eigenvalue weighted by Gasteiger charge is -2.17. The Morgan fingerprint density at radius 1 is 1.40 bits per heavy atom. The first-order valence-corrected chi connectivity index (χ1v) is 3.18. The SMILES string of the molecule is COC(CO)C(O)CCO. The van der Waals surface area contributed by atoms with E-state index in [1.54, 1.807) is 0 Å². The zero-order valence-electron chi connectivity index (χ0n) is 6.03. The van der Waals surface area contributed by atoms with Gasteiger partial charge in [-0.05, 0) is 6.42 Å². The summed E-state index contributed by atoms with van der Waals surface area (Å²) in [6, 6.07) is 0. The lowest BCUT2D eigenvalue weighted by Crippen LogP contribution is -2.32. The van der Waals surface area contributed by atoms with E-state index in [2.05, 4.69) is 0 Å². The second-order valence-electron chi connectivity index (χ2n) is 2.04. The largest absolute Gasteiger partial charge is 0.396 e. The van der Waals surface area contributed by atoms with Gasteiger partial charge in [0.15, 0.2) is 0 Å². The monoisotopic (exact) mass is 150 g/mol. The first kappa shape index (κ1) is 9.84. The topological polar surface area (TPSA) is 69.9 Å². The predicted molar refractivity (Wildman–Crippen MR) is 35.6 cm³/mol. The van der Waals surface area contributed by atoms with E-state index in [1.807, 2.05) is 0 Å². The summed E-state index contributed by atoms with van der Waals surface area (Å²) in [5.41, 5.74) is 0. The van der Waals surface area contributed by atoms with Crippen molar-refractivity contribution in [2.75, 3.05) is 20.3 Å². The lowest BCUT2D eigenvalue weighted by molar-refractivity contribution is -0.0485. The number of ether oxygens (including phenoxy) is 1. The highest BCUT2D eigenvalue weighted by Gasteiger charge is 2.16. The van der Waals surface area contributed by atoms with Gasteiger partial charge in [-0.3, -0.25) is 0 Å². The number of rotatable bonds is 5. The molecule has 0 aromatic heterocycles. The fourth-order valence-electron chi connectivity index (χ4n) is 0.671. The molecule has 0 radical (unpaired) electrons. The van der Waals surface area contributed by atoms with E-state index in [-0.39, 0.29) is 19.6 Å². The van der Waals surface area contributed by atoms with Crippen LogP contribution in [0, 0.1) is 0 Å². The van der Waals surface area contributed by atoms with Gasteiger partial charge in [0.05, 0.1) is 12.7 Å². The Morgan fingerprint density at radius 2 is 2.00 bits per heavy atom. The molecule has 4 nitrogen and oxygen atoms in total. The molecule has 0 fully saturated rings. The van der Waals surface area contributed by atoms with Crippen molar-refractivity contribution < 1.29 is 20.1 Å². The van der Waals surface area contributed by atoms with Crippen LogP contribution in [0.1, 0.15) is 6.42 Å². The van der Waals surface area contributed by atoms with E-state index in [0.717, 1.165) is 0 Å². The lowest BCUT2D eigenvalue weighted by atomic mass is 10.1. The fraction of sp³-hybridized carbons (Fsp3) is 1.00. The molecule has 0 saturated carbocycles. The Kier molecular flexibility index (Phi) is 5.52. The predicted octanol–water partition coefficient (Wildman–Crippen LogP) is -1.26. The second kappa shape index (κ2) is 5.61. The highest BCUT2D eigenvalue weighted by atomic mass is 16.5. The zero-order chi connectivity index (χ0) is 7.98. The number of hydrogen-bond acceptors (Lipinski definition) is 4. The summed E-state index contributed by atoms with van der Waals surface area (Å²) >= 11 is 0. The summed E-state index contributed by atoms with van der Waals surface area (Å²) in [4.78, 5) is 0. The van der Waals surface area contributed by atoms with E-state index in [1.165, 1.54) is 7.11 Å². The average molecular weight is 150 g/mol. The van der Waals surface area contributed by atoms with Gasteiger partial charge in [-0.25, -0.2) is 0 Å². The maximum Gasteiger partial charge on any atom is 0.106 e. The molecule has 3 N–H and O–H groups in total. The van der Waals surface area contributed by atoms with Crippen molar-refractivity contribution in [2.45, 2.75) is 18.6 Å². The van der Waals surface area contributed by atoms with Gasteiger partial charge < -0.3 is 20.1 Å². The highest BCUT2D eigenvalue weighted by molar-refractivity contribution is 4.66. The average Bonchev–Trinajstić information content (AvgIpc) is 1.91. The summed E-state index contributed by atoms with van der Waals surface area (Å²) in [7, 11) is 1.40. The molecule has 4 heteroatoms. The molecule has 10 heavy (non-hydrogen) atoms. The second-order valence-corrected chi connectivity index (χ2v) is 2.04. The Balaban J connectivity index is 3.53. The van der Waals surface area contributed by atoms with Crippen molar-refractivity contribution in [2.24, 2.45) is 0 Å². The smallest absolute Gasteiger partial charge is 0.106 e. The molecule has 0 rings (SSSR count). The Bertz CT molecular complexity index is 72.1. The third-order valence-corrected chi connectivity index (χ3v) is 1.34. The quantitative estimate of drug-likeness (QED) is 0.457. The maximum absolute atomic E-state index is 9.06. The van der Waals surface area contributed by atoms with E-state index in [9.17, 15) is 0 Å². The van der Waals surface area contributed by atoms with Crippen molar-refractivity contribution >= 4 is 0 Å². The van der Waals surface area contributed by atoms with E-state index in [4.69, 9.17) is 20.1 Å². The standard InChI is InChI=1S/C6H14O4/c1-10-6(4-8)5(9)2-3-7/h5-9H,2-4H2,1H3. The molecule has 0 aliphatic carbocycles. The Hall–Kier alpha value is -0.160. The molecule has 62 valence electrons. The molecular formula is C6H14O4. The van der Waals surface area contributed by atoms with Crippen LogP contribution in [0.15, 0.2) is 0 Å². The number of aliphatic hydroxyl groups excluding tert-OH is 3. The summed E-state index contributed by atoms with van der Waals surface area (Å²) < 4.78 is 4.70. The molecule has 0 aromatic carbocycles. The molecule has 0 aliphatic heterocycles. The highest BCUT2D eigenvalue weighted by Crippen LogP contribution is 2.00. The summed E-state index contributed by atoms with van der Waals surface area (Å²) in [6.07, 6.45) is -1.12. The zero-order valence-corrected chi connectivity index (χ0v) is 6.03. The van der Waals surface area contributed by atoms with Crippen molar-refractivity contribution in [3.05, 3.63) is 0 Å². The van der Waals surface area contributed by atoms with Crippen molar-refractivity contribution in [1.82, 2.24) is 0 Å². The van der Waals surface area contributed by atoms with Crippen LogP contribution in [0.2, 0.25) is 0 Å². The maximum atomic E-state index is 9.06. The van der Waals surface area contributed by atoms with Gasteiger partial charge in [-0.1, -0.05) is 0 Å². The molecular weight excluding hydrogens is 136 g/mol. The third kappa shape index (κ3) is 3.12. The molecule has 0 aliphatic rings. The van der Waals surface area contributed by atoms with Gasteiger partial charge >= 0.3 is 0 Å². The van der Waals surface area contributed by atoms with Crippen LogP contribution >= 0.6 is 0 Å². The summed E-state index contributed by atoms with van der Waals surface area (Å²) in [5, 5.41) is 26.0. The number of methoxy groups -OCH3 is 1. The minimum absolute atomic E-state index is 0.0962. The van der Waals surface area contributed by atoms with Gasteiger partial charge in [0.25, 0.3) is 0 Å². The van der Waals surface area contributed by atoms with Crippen LogP contribution in [0.5, 0.6) is 0 Å². The Labute approximate surface area is 60.1 Å². The molecule has 0 amide bonds. The summed E-state index contributed by atoms with van der Waals surface area (Å²) in [5.74, 6) is 0. The number of aliphatic hydroxyl groups is 3. The van der Waals surface area contributed by atoms with Gasteiger partial charge in [0.1, 0.15) is 6.10 Å². The van der Waals surface area contributed by atoms with Crippen LogP contribution < -0.4 is 0 Å². The molecule has 2 unspecified atom stereocenters. The first-order valence-electron chi connectivity index (χ1n) is 3.18. The number of hydrogen-bond donors (Lipinski definition) is 3. The van der Waals surface area contributed by atoms with Crippen LogP contribution in [-0.2, 0) is 4.74 Å². The third-order valence-electron chi connectivity index (χ3n) is 1.34. The van der Waals surface area contributed by atoms with Crippen LogP contribution in [-0.4, -0.2) is 47.9 Å². The van der Waals surface area contributed by atoms with Crippen molar-refractivity contribution in [1.29, 1.82) is 0 Å². The molecule has 0 bridgehead atoms. The van der Waals surface area contributed by atoms with Gasteiger partial charge in [-0.15, -0.1) is 0 Å².